The summed E-state index contributed by atoms with van der Waals surface area (Å²) >= 11 is 5.99. The van der Waals surface area contributed by atoms with E-state index in [1.165, 1.54) is 6.07 Å². The molecule has 0 saturated carbocycles. The quantitative estimate of drug-likeness (QED) is 0.774. The molecular weight excluding hydrogens is 298 g/mol. The molecule has 0 aliphatic heterocycles. The fourth-order valence-electron chi connectivity index (χ4n) is 2.07. The summed E-state index contributed by atoms with van der Waals surface area (Å²) in [4.78, 5) is 0.101. The summed E-state index contributed by atoms with van der Waals surface area (Å²) in [5, 5.41) is 9.21. The first-order chi connectivity index (χ1) is 9.40. The Kier molecular flexibility index (Phi) is 6.95. The highest BCUT2D eigenvalue weighted by atomic mass is 35.5. The van der Waals surface area contributed by atoms with Gasteiger partial charge in [0.1, 0.15) is 4.90 Å². The SMILES string of the molecule is CCCC(CCO)CNS(=O)(=O)c1ccc(C)cc1Cl. The number of nitrogens with one attached hydrogen (secondary N) is 1. The molecule has 0 amide bonds. The van der Waals surface area contributed by atoms with Crippen LogP contribution in [0.1, 0.15) is 31.7 Å². The fourth-order valence-corrected chi connectivity index (χ4v) is 3.78. The molecule has 1 aromatic rings. The maximum absolute atomic E-state index is 12.2. The van der Waals surface area contributed by atoms with Gasteiger partial charge in [-0.25, -0.2) is 13.1 Å². The molecule has 1 atom stereocenters. The van der Waals surface area contributed by atoms with Crippen LogP contribution in [0.5, 0.6) is 0 Å². The van der Waals surface area contributed by atoms with Gasteiger partial charge in [-0.2, -0.15) is 0 Å². The summed E-state index contributed by atoms with van der Waals surface area (Å²) in [6, 6.07) is 4.87. The molecular formula is C14H22ClNO3S. The van der Waals surface area contributed by atoms with Crippen LogP contribution in [0.3, 0.4) is 0 Å². The Bertz CT molecular complexity index is 525. The van der Waals surface area contributed by atoms with Crippen molar-refractivity contribution in [1.29, 1.82) is 0 Å². The molecule has 2 N–H and O–H groups in total. The molecule has 0 saturated heterocycles. The summed E-state index contributed by atoms with van der Waals surface area (Å²) in [7, 11) is -3.60. The van der Waals surface area contributed by atoms with Gasteiger partial charge in [-0.05, 0) is 43.4 Å². The van der Waals surface area contributed by atoms with Gasteiger partial charge < -0.3 is 5.11 Å². The van der Waals surface area contributed by atoms with Crippen LogP contribution >= 0.6 is 11.6 Å². The first-order valence-corrected chi connectivity index (χ1v) is 8.63. The normalized spacial score (nSPS) is 13.4. The Balaban J connectivity index is 2.78. The van der Waals surface area contributed by atoms with Crippen molar-refractivity contribution in [2.45, 2.75) is 38.0 Å². The standard InChI is InChI=1S/C14H22ClNO3S/c1-3-4-12(7-8-17)10-16-20(18,19)14-6-5-11(2)9-13(14)15/h5-6,9,12,16-17H,3-4,7-8,10H2,1-2H3. The van der Waals surface area contributed by atoms with Crippen LogP contribution in [0.2, 0.25) is 5.02 Å². The first-order valence-electron chi connectivity index (χ1n) is 6.77. The number of aryl methyl sites for hydroxylation is 1. The van der Waals surface area contributed by atoms with Crippen molar-refractivity contribution < 1.29 is 13.5 Å². The van der Waals surface area contributed by atoms with Crippen LogP contribution < -0.4 is 4.72 Å². The van der Waals surface area contributed by atoms with Gasteiger partial charge in [-0.1, -0.05) is 31.0 Å². The Hall–Kier alpha value is -0.620. The van der Waals surface area contributed by atoms with E-state index in [1.54, 1.807) is 12.1 Å². The van der Waals surface area contributed by atoms with Gasteiger partial charge in [-0.3, -0.25) is 0 Å². The number of aliphatic hydroxyl groups excluding tert-OH is 1. The highest BCUT2D eigenvalue weighted by Crippen LogP contribution is 2.22. The molecule has 0 aliphatic rings. The van der Waals surface area contributed by atoms with Gasteiger partial charge >= 0.3 is 0 Å². The smallest absolute Gasteiger partial charge is 0.242 e. The molecule has 4 nitrogen and oxygen atoms in total. The average molecular weight is 320 g/mol. The molecule has 1 unspecified atom stereocenters. The Morgan fingerprint density at radius 2 is 2.05 bits per heavy atom. The summed E-state index contributed by atoms with van der Waals surface area (Å²) in [5.74, 6) is 0.143. The Morgan fingerprint density at radius 3 is 2.60 bits per heavy atom. The van der Waals surface area contributed by atoms with E-state index >= 15 is 0 Å². The zero-order chi connectivity index (χ0) is 15.2. The predicted octanol–water partition coefficient (Wildman–Crippen LogP) is 2.73. The van der Waals surface area contributed by atoms with Crippen LogP contribution in [0.25, 0.3) is 0 Å². The second-order valence-electron chi connectivity index (χ2n) is 4.95. The minimum absolute atomic E-state index is 0.0671. The van der Waals surface area contributed by atoms with E-state index in [1.807, 2.05) is 13.8 Å². The molecule has 1 aromatic carbocycles. The van der Waals surface area contributed by atoms with Gasteiger partial charge in [0.05, 0.1) is 5.02 Å². The molecule has 114 valence electrons. The highest BCUT2D eigenvalue weighted by molar-refractivity contribution is 7.89. The highest BCUT2D eigenvalue weighted by Gasteiger charge is 2.19. The van der Waals surface area contributed by atoms with Crippen molar-refractivity contribution in [3.05, 3.63) is 28.8 Å². The molecule has 6 heteroatoms. The first kappa shape index (κ1) is 17.4. The Labute approximate surface area is 126 Å². The van der Waals surface area contributed by atoms with E-state index in [9.17, 15) is 8.42 Å². The molecule has 0 fully saturated rings. The van der Waals surface area contributed by atoms with Gasteiger partial charge in [0.15, 0.2) is 0 Å². The van der Waals surface area contributed by atoms with Crippen molar-refractivity contribution >= 4 is 21.6 Å². The van der Waals surface area contributed by atoms with E-state index in [0.717, 1.165) is 18.4 Å². The monoisotopic (exact) mass is 319 g/mol. The lowest BCUT2D eigenvalue weighted by Crippen LogP contribution is -2.30. The maximum atomic E-state index is 12.2. The zero-order valence-corrected chi connectivity index (χ0v) is 13.5. The largest absolute Gasteiger partial charge is 0.396 e. The van der Waals surface area contributed by atoms with Crippen LogP contribution in [0, 0.1) is 12.8 Å². The van der Waals surface area contributed by atoms with Crippen molar-refractivity contribution in [1.82, 2.24) is 4.72 Å². The predicted molar refractivity (Wildman–Crippen MR) is 81.5 cm³/mol. The van der Waals surface area contributed by atoms with Crippen LogP contribution in [-0.4, -0.2) is 26.7 Å². The second kappa shape index (κ2) is 7.98. The average Bonchev–Trinajstić information content (AvgIpc) is 2.36. The summed E-state index contributed by atoms with van der Waals surface area (Å²) in [6.07, 6.45) is 2.43. The summed E-state index contributed by atoms with van der Waals surface area (Å²) < 4.78 is 27.0. The molecule has 0 radical (unpaired) electrons. The molecule has 0 spiro atoms. The number of hydrogen-bond acceptors (Lipinski definition) is 3. The Morgan fingerprint density at radius 1 is 1.35 bits per heavy atom. The minimum atomic E-state index is -3.60. The zero-order valence-electron chi connectivity index (χ0n) is 11.9. The van der Waals surface area contributed by atoms with Gasteiger partial charge in [0.2, 0.25) is 10.0 Å². The van der Waals surface area contributed by atoms with Crippen molar-refractivity contribution in [2.75, 3.05) is 13.2 Å². The number of rotatable bonds is 8. The number of sulfonamides is 1. The van der Waals surface area contributed by atoms with Crippen LogP contribution in [0.15, 0.2) is 23.1 Å². The number of halogens is 1. The lowest BCUT2D eigenvalue weighted by Gasteiger charge is -2.16. The number of hydrogen-bond donors (Lipinski definition) is 2. The van der Waals surface area contributed by atoms with E-state index in [0.29, 0.717) is 13.0 Å². The lowest BCUT2D eigenvalue weighted by molar-refractivity contribution is 0.251. The van der Waals surface area contributed by atoms with Crippen molar-refractivity contribution in [2.24, 2.45) is 5.92 Å². The number of benzene rings is 1. The van der Waals surface area contributed by atoms with Gasteiger partial charge in [0, 0.05) is 13.2 Å². The molecule has 0 bridgehead atoms. The topological polar surface area (TPSA) is 66.4 Å². The lowest BCUT2D eigenvalue weighted by atomic mass is 10.0. The number of aliphatic hydroxyl groups is 1. The third-order valence-electron chi connectivity index (χ3n) is 3.17. The van der Waals surface area contributed by atoms with Crippen LogP contribution in [0.4, 0.5) is 0 Å². The minimum Gasteiger partial charge on any atom is -0.396 e. The molecule has 20 heavy (non-hydrogen) atoms. The summed E-state index contributed by atoms with van der Waals surface area (Å²) in [6.45, 7) is 4.28. The summed E-state index contributed by atoms with van der Waals surface area (Å²) in [5.41, 5.74) is 0.915. The molecule has 0 heterocycles. The van der Waals surface area contributed by atoms with E-state index < -0.39 is 10.0 Å². The van der Waals surface area contributed by atoms with Crippen molar-refractivity contribution in [3.63, 3.8) is 0 Å². The molecule has 0 aromatic heterocycles. The molecule has 1 rings (SSSR count). The second-order valence-corrected chi connectivity index (χ2v) is 7.10. The fraction of sp³-hybridized carbons (Fsp3) is 0.571. The third kappa shape index (κ3) is 5.05. The van der Waals surface area contributed by atoms with E-state index in [4.69, 9.17) is 16.7 Å². The van der Waals surface area contributed by atoms with Crippen LogP contribution in [-0.2, 0) is 10.0 Å². The maximum Gasteiger partial charge on any atom is 0.242 e. The van der Waals surface area contributed by atoms with Gasteiger partial charge in [0.25, 0.3) is 0 Å². The van der Waals surface area contributed by atoms with Crippen molar-refractivity contribution in [3.8, 4) is 0 Å². The molecule has 0 aliphatic carbocycles. The van der Waals surface area contributed by atoms with E-state index in [2.05, 4.69) is 4.72 Å². The van der Waals surface area contributed by atoms with Gasteiger partial charge in [-0.15, -0.1) is 0 Å². The third-order valence-corrected chi connectivity index (χ3v) is 5.08. The van der Waals surface area contributed by atoms with E-state index in [-0.39, 0.29) is 22.4 Å².